The molecule has 4 fully saturated rings. The first kappa shape index (κ1) is 18.8. The van der Waals surface area contributed by atoms with E-state index in [9.17, 15) is 4.79 Å². The average Bonchev–Trinajstić information content (AvgIpc) is 3.19. The summed E-state index contributed by atoms with van der Waals surface area (Å²) in [6.07, 6.45) is 7.11. The van der Waals surface area contributed by atoms with Gasteiger partial charge in [0.1, 0.15) is 0 Å². The Hall–Kier alpha value is -2.21. The number of amides is 1. The van der Waals surface area contributed by atoms with Crippen molar-refractivity contribution in [1.29, 1.82) is 0 Å². The molecule has 0 spiro atoms. The molecule has 6 nitrogen and oxygen atoms in total. The van der Waals surface area contributed by atoms with Gasteiger partial charge in [0.15, 0.2) is 6.10 Å². The van der Waals surface area contributed by atoms with Gasteiger partial charge in [0.2, 0.25) is 17.7 Å². The average molecular weight is 396 g/mol. The summed E-state index contributed by atoms with van der Waals surface area (Å²) in [5, 5.41) is 11.6. The van der Waals surface area contributed by atoms with Crippen LogP contribution in [0.1, 0.15) is 62.0 Å². The van der Waals surface area contributed by atoms with Gasteiger partial charge in [-0.05, 0) is 61.3 Å². The van der Waals surface area contributed by atoms with Crippen molar-refractivity contribution < 1.29 is 13.9 Å². The molecule has 4 aliphatic carbocycles. The lowest BCUT2D eigenvalue weighted by Crippen LogP contribution is -2.55. The summed E-state index contributed by atoms with van der Waals surface area (Å²) in [6, 6.07) is 10.2. The zero-order chi connectivity index (χ0) is 19.8. The van der Waals surface area contributed by atoms with Crippen LogP contribution in [0.25, 0.3) is 0 Å². The number of rotatable bonds is 7. The van der Waals surface area contributed by atoms with E-state index in [-0.39, 0.29) is 12.0 Å². The van der Waals surface area contributed by atoms with E-state index in [1.165, 1.54) is 32.1 Å². The number of benzene rings is 1. The summed E-state index contributed by atoms with van der Waals surface area (Å²) in [5.74, 6) is 4.24. The zero-order valence-corrected chi connectivity index (χ0v) is 16.9. The Morgan fingerprint density at radius 3 is 2.45 bits per heavy atom. The molecule has 29 heavy (non-hydrogen) atoms. The van der Waals surface area contributed by atoms with Crippen molar-refractivity contribution in [2.24, 2.45) is 23.7 Å². The highest BCUT2D eigenvalue weighted by Crippen LogP contribution is 2.53. The number of ether oxygens (including phenoxy) is 1. The van der Waals surface area contributed by atoms with Gasteiger partial charge in [-0.1, -0.05) is 30.3 Å². The fraction of sp³-hybridized carbons (Fsp3) is 0.609. The van der Waals surface area contributed by atoms with Crippen LogP contribution in [0.5, 0.6) is 0 Å². The Kier molecular flexibility index (Phi) is 5.12. The van der Waals surface area contributed by atoms with E-state index < -0.39 is 0 Å². The molecule has 4 saturated carbocycles. The lowest BCUT2D eigenvalue weighted by molar-refractivity contribution is -0.125. The maximum atomic E-state index is 12.6. The van der Waals surface area contributed by atoms with Crippen LogP contribution >= 0.6 is 0 Å². The Bertz CT molecular complexity index is 822. The predicted molar refractivity (Wildman–Crippen MR) is 107 cm³/mol. The van der Waals surface area contributed by atoms with E-state index in [1.54, 1.807) is 7.11 Å². The molecule has 4 bridgehead atoms. The summed E-state index contributed by atoms with van der Waals surface area (Å²) >= 11 is 0. The predicted octanol–water partition coefficient (Wildman–Crippen LogP) is 3.68. The smallest absolute Gasteiger partial charge is 0.249 e. The number of aryl methyl sites for hydroxylation is 1. The topological polar surface area (TPSA) is 77.2 Å². The second-order valence-electron chi connectivity index (χ2n) is 9.08. The molecule has 0 saturated heterocycles. The summed E-state index contributed by atoms with van der Waals surface area (Å²) in [5.41, 5.74) is 0.963. The molecule has 1 atom stereocenters. The third kappa shape index (κ3) is 3.82. The number of aromatic nitrogens is 2. The van der Waals surface area contributed by atoms with Crippen molar-refractivity contribution in [3.8, 4) is 0 Å². The third-order valence-electron chi connectivity index (χ3n) is 7.17. The lowest BCUT2D eigenvalue weighted by atomic mass is 9.54. The van der Waals surface area contributed by atoms with Crippen molar-refractivity contribution >= 4 is 5.91 Å². The Balaban J connectivity index is 1.16. The molecule has 1 aromatic carbocycles. The second kappa shape index (κ2) is 7.90. The van der Waals surface area contributed by atoms with Gasteiger partial charge >= 0.3 is 0 Å². The van der Waals surface area contributed by atoms with Crippen molar-refractivity contribution in [1.82, 2.24) is 15.5 Å². The molecular formula is C23H29N3O3. The maximum absolute atomic E-state index is 12.6. The first-order valence-electron chi connectivity index (χ1n) is 10.9. The van der Waals surface area contributed by atoms with Crippen LogP contribution in [-0.4, -0.2) is 29.3 Å². The van der Waals surface area contributed by atoms with Crippen LogP contribution in [0.15, 0.2) is 34.7 Å². The highest BCUT2D eigenvalue weighted by Gasteiger charge is 2.48. The molecule has 4 aliphatic rings. The first-order valence-corrected chi connectivity index (χ1v) is 10.9. The number of nitrogens with zero attached hydrogens (tertiary/aromatic N) is 2. The Morgan fingerprint density at radius 2 is 1.79 bits per heavy atom. The van der Waals surface area contributed by atoms with Gasteiger partial charge < -0.3 is 14.5 Å². The van der Waals surface area contributed by atoms with Gasteiger partial charge in [-0.15, -0.1) is 10.2 Å². The quantitative estimate of drug-likeness (QED) is 0.774. The Morgan fingerprint density at radius 1 is 1.10 bits per heavy atom. The molecule has 1 N–H and O–H groups in total. The molecule has 1 aromatic heterocycles. The highest BCUT2D eigenvalue weighted by atomic mass is 16.5. The van der Waals surface area contributed by atoms with Gasteiger partial charge in [0.05, 0.1) is 0 Å². The van der Waals surface area contributed by atoms with E-state index >= 15 is 0 Å². The molecule has 154 valence electrons. The summed E-state index contributed by atoms with van der Waals surface area (Å²) in [7, 11) is 1.62. The number of carbonyl (C=O) groups excluding carboxylic acids is 1. The van der Waals surface area contributed by atoms with E-state index in [4.69, 9.17) is 9.15 Å². The summed E-state index contributed by atoms with van der Waals surface area (Å²) < 4.78 is 11.3. The lowest BCUT2D eigenvalue weighted by Gasteiger charge is -2.54. The van der Waals surface area contributed by atoms with Crippen LogP contribution in [0.4, 0.5) is 0 Å². The minimum Gasteiger partial charge on any atom is -0.422 e. The molecule has 6 rings (SSSR count). The van der Waals surface area contributed by atoms with Crippen molar-refractivity contribution in [3.63, 3.8) is 0 Å². The van der Waals surface area contributed by atoms with Crippen LogP contribution < -0.4 is 5.32 Å². The van der Waals surface area contributed by atoms with Gasteiger partial charge in [-0.3, -0.25) is 4.79 Å². The maximum Gasteiger partial charge on any atom is 0.249 e. The number of nitrogens with one attached hydrogen (secondary N) is 1. The number of carbonyl (C=O) groups is 1. The fourth-order valence-electron chi connectivity index (χ4n) is 6.12. The van der Waals surface area contributed by atoms with Gasteiger partial charge in [0.25, 0.3) is 0 Å². The molecule has 0 aliphatic heterocycles. The molecule has 6 heteroatoms. The van der Waals surface area contributed by atoms with Crippen molar-refractivity contribution in [2.45, 2.75) is 57.1 Å². The largest absolute Gasteiger partial charge is 0.422 e. The molecule has 0 radical (unpaired) electrons. The van der Waals surface area contributed by atoms with Gasteiger partial charge in [-0.2, -0.15) is 0 Å². The highest BCUT2D eigenvalue weighted by molar-refractivity contribution is 5.76. The number of methoxy groups -OCH3 is 1. The standard InChI is InChI=1S/C23H29N3O3/c1-28-22(16-5-3-2-4-6-16)23-26-25-20(29-23)8-7-19(27)24-21-17-10-14-9-15(12-17)13-18(21)11-14/h2-6,14-15,17-18,21-22H,7-13H2,1H3,(H,24,27)/t14?,15?,17?,18?,21?,22-/m0/s1. The van der Waals surface area contributed by atoms with E-state index in [2.05, 4.69) is 15.5 Å². The summed E-state index contributed by atoms with van der Waals surface area (Å²) in [4.78, 5) is 12.6. The Labute approximate surface area is 171 Å². The normalized spacial score (nSPS) is 31.0. The van der Waals surface area contributed by atoms with Gasteiger partial charge in [0, 0.05) is 26.0 Å². The van der Waals surface area contributed by atoms with E-state index in [1.807, 2.05) is 30.3 Å². The van der Waals surface area contributed by atoms with Crippen LogP contribution in [0.2, 0.25) is 0 Å². The minimum absolute atomic E-state index is 0.105. The molecule has 1 amide bonds. The van der Waals surface area contributed by atoms with E-state index in [0.717, 1.165) is 17.4 Å². The summed E-state index contributed by atoms with van der Waals surface area (Å²) in [6.45, 7) is 0. The third-order valence-corrected chi connectivity index (χ3v) is 7.17. The number of hydrogen-bond donors (Lipinski definition) is 1. The first-order chi connectivity index (χ1) is 14.2. The minimum atomic E-state index is -0.390. The monoisotopic (exact) mass is 395 g/mol. The van der Waals surface area contributed by atoms with Crippen molar-refractivity contribution in [3.05, 3.63) is 47.7 Å². The zero-order valence-electron chi connectivity index (χ0n) is 16.9. The van der Waals surface area contributed by atoms with Gasteiger partial charge in [-0.25, -0.2) is 0 Å². The van der Waals surface area contributed by atoms with E-state index in [0.29, 0.717) is 42.5 Å². The molecule has 1 heterocycles. The second-order valence-corrected chi connectivity index (χ2v) is 9.08. The van der Waals surface area contributed by atoms with Crippen molar-refractivity contribution in [2.75, 3.05) is 7.11 Å². The fourth-order valence-corrected chi connectivity index (χ4v) is 6.12. The molecular weight excluding hydrogens is 366 g/mol. The molecule has 2 aromatic rings. The SMILES string of the molecule is CO[C@@H](c1ccccc1)c1nnc(CCC(=O)NC2C3CC4CC(C3)CC2C4)o1. The van der Waals surface area contributed by atoms with Crippen LogP contribution in [-0.2, 0) is 16.0 Å². The molecule has 0 unspecified atom stereocenters. The van der Waals surface area contributed by atoms with Crippen LogP contribution in [0.3, 0.4) is 0 Å². The number of hydrogen-bond acceptors (Lipinski definition) is 5. The van der Waals surface area contributed by atoms with Crippen LogP contribution in [0, 0.1) is 23.7 Å².